The van der Waals surface area contributed by atoms with Crippen molar-refractivity contribution in [3.8, 4) is 0 Å². The molecule has 1 atom stereocenters. The van der Waals surface area contributed by atoms with Gasteiger partial charge in [-0.25, -0.2) is 0 Å². The maximum atomic E-state index is 12.4. The summed E-state index contributed by atoms with van der Waals surface area (Å²) in [4.78, 5) is 41.1. The predicted octanol–water partition coefficient (Wildman–Crippen LogP) is 3.38. The first-order valence-corrected chi connectivity index (χ1v) is 10.5. The first-order chi connectivity index (χ1) is 14.6. The van der Waals surface area contributed by atoms with Crippen molar-refractivity contribution in [2.45, 2.75) is 6.42 Å². The van der Waals surface area contributed by atoms with E-state index in [1.807, 2.05) is 72.8 Å². The summed E-state index contributed by atoms with van der Waals surface area (Å²) in [5, 5.41) is 7.64. The second kappa shape index (κ2) is 8.92. The molecule has 0 aliphatic carbocycles. The van der Waals surface area contributed by atoms with Crippen LogP contribution in [0.2, 0.25) is 0 Å². The number of rotatable bonds is 5. The van der Waals surface area contributed by atoms with E-state index in [0.29, 0.717) is 12.1 Å². The third-order valence-electron chi connectivity index (χ3n) is 4.74. The maximum Gasteiger partial charge on any atom is 0.261 e. The van der Waals surface area contributed by atoms with Crippen LogP contribution >= 0.6 is 11.8 Å². The first-order valence-electron chi connectivity index (χ1n) is 9.48. The fourth-order valence-corrected chi connectivity index (χ4v) is 3.93. The molecule has 30 heavy (non-hydrogen) atoms. The number of amides is 3. The van der Waals surface area contributed by atoms with Crippen LogP contribution in [0.25, 0.3) is 10.8 Å². The van der Waals surface area contributed by atoms with Crippen LogP contribution in [0.1, 0.15) is 5.56 Å². The average molecular weight is 417 g/mol. The van der Waals surface area contributed by atoms with Gasteiger partial charge in [0.2, 0.25) is 11.8 Å². The number of amidine groups is 1. The normalized spacial score (nSPS) is 16.1. The molecule has 7 heteroatoms. The van der Waals surface area contributed by atoms with Crippen LogP contribution in [0.3, 0.4) is 0 Å². The van der Waals surface area contributed by atoms with E-state index >= 15 is 0 Å². The van der Waals surface area contributed by atoms with Gasteiger partial charge in [0.25, 0.3) is 5.91 Å². The number of benzene rings is 3. The minimum atomic E-state index is -0.846. The molecule has 0 saturated carbocycles. The minimum absolute atomic E-state index is 0.0268. The Balaban J connectivity index is 1.37. The molecule has 3 amide bonds. The first kappa shape index (κ1) is 19.8. The summed E-state index contributed by atoms with van der Waals surface area (Å²) < 4.78 is 0. The van der Waals surface area contributed by atoms with Crippen LogP contribution < -0.4 is 10.6 Å². The van der Waals surface area contributed by atoms with Crippen LogP contribution in [-0.2, 0) is 20.8 Å². The van der Waals surface area contributed by atoms with Gasteiger partial charge in [-0.05, 0) is 23.4 Å². The lowest BCUT2D eigenvalue weighted by molar-refractivity contribution is -0.133. The summed E-state index contributed by atoms with van der Waals surface area (Å²) in [6.45, 7) is 0. The number of hydrogen-bond donors (Lipinski definition) is 2. The smallest absolute Gasteiger partial charge is 0.261 e. The van der Waals surface area contributed by atoms with Gasteiger partial charge in [0.1, 0.15) is 5.92 Å². The average Bonchev–Trinajstić information content (AvgIpc) is 2.76. The molecule has 0 fully saturated rings. The topological polar surface area (TPSA) is 87.6 Å². The highest BCUT2D eigenvalue weighted by molar-refractivity contribution is 8.14. The van der Waals surface area contributed by atoms with E-state index in [1.165, 1.54) is 0 Å². The van der Waals surface area contributed by atoms with E-state index in [2.05, 4.69) is 15.6 Å². The second-order valence-corrected chi connectivity index (χ2v) is 7.81. The molecule has 2 N–H and O–H groups in total. The van der Waals surface area contributed by atoms with E-state index in [4.69, 9.17) is 0 Å². The van der Waals surface area contributed by atoms with Crippen molar-refractivity contribution in [2.24, 2.45) is 10.9 Å². The van der Waals surface area contributed by atoms with Gasteiger partial charge in [-0.2, -0.15) is 4.99 Å². The minimum Gasteiger partial charge on any atom is -0.325 e. The lowest BCUT2D eigenvalue weighted by Gasteiger charge is -2.19. The molecule has 1 aliphatic rings. The zero-order valence-corrected chi connectivity index (χ0v) is 16.8. The van der Waals surface area contributed by atoms with Crippen molar-refractivity contribution < 1.29 is 14.4 Å². The zero-order valence-electron chi connectivity index (χ0n) is 16.0. The molecule has 0 radical (unpaired) electrons. The van der Waals surface area contributed by atoms with Gasteiger partial charge in [0.15, 0.2) is 5.17 Å². The van der Waals surface area contributed by atoms with Crippen molar-refractivity contribution in [1.82, 2.24) is 5.32 Å². The summed E-state index contributed by atoms with van der Waals surface area (Å²) in [6, 6.07) is 22.8. The number of thioether (sulfide) groups is 1. The summed E-state index contributed by atoms with van der Waals surface area (Å²) in [5.74, 6) is -1.94. The summed E-state index contributed by atoms with van der Waals surface area (Å²) >= 11 is 1.03. The lowest BCUT2D eigenvalue weighted by Crippen LogP contribution is -2.44. The maximum absolute atomic E-state index is 12.4. The fraction of sp³-hybridized carbons (Fsp3) is 0.130. The SMILES string of the molecule is O=C(CSC1=NC(=O)[C@@H](Cc2ccccc2)C(=O)N1)Nc1cccc2ccccc12. The van der Waals surface area contributed by atoms with Gasteiger partial charge in [0.05, 0.1) is 5.75 Å². The third kappa shape index (κ3) is 4.58. The Morgan fingerprint density at radius 3 is 2.50 bits per heavy atom. The van der Waals surface area contributed by atoms with Gasteiger partial charge in [0, 0.05) is 11.1 Å². The molecule has 0 bridgehead atoms. The van der Waals surface area contributed by atoms with Gasteiger partial charge in [-0.3, -0.25) is 14.4 Å². The number of aliphatic imine (C=N–C) groups is 1. The zero-order chi connectivity index (χ0) is 20.9. The van der Waals surface area contributed by atoms with E-state index < -0.39 is 17.7 Å². The van der Waals surface area contributed by atoms with Gasteiger partial charge in [-0.15, -0.1) is 0 Å². The van der Waals surface area contributed by atoms with Gasteiger partial charge < -0.3 is 10.6 Å². The Morgan fingerprint density at radius 1 is 0.967 bits per heavy atom. The molecule has 3 aromatic carbocycles. The standard InChI is InChI=1S/C23H19N3O3S/c27-20(24-19-12-6-10-16-9-4-5-11-17(16)19)14-30-23-25-21(28)18(22(29)26-23)13-15-7-2-1-3-8-15/h1-12,18H,13-14H2,(H,24,27)(H,25,26,28,29). The lowest BCUT2D eigenvalue weighted by atomic mass is 9.97. The monoisotopic (exact) mass is 417 g/mol. The van der Waals surface area contributed by atoms with E-state index in [1.54, 1.807) is 0 Å². The van der Waals surface area contributed by atoms with E-state index in [-0.39, 0.29) is 16.8 Å². The molecule has 0 saturated heterocycles. The van der Waals surface area contributed by atoms with Gasteiger partial charge in [-0.1, -0.05) is 78.5 Å². The van der Waals surface area contributed by atoms with E-state index in [0.717, 1.165) is 28.1 Å². The highest BCUT2D eigenvalue weighted by atomic mass is 32.2. The second-order valence-electron chi connectivity index (χ2n) is 6.85. The molecule has 0 aromatic heterocycles. The largest absolute Gasteiger partial charge is 0.325 e. The highest BCUT2D eigenvalue weighted by Crippen LogP contribution is 2.23. The molecular weight excluding hydrogens is 398 g/mol. The van der Waals surface area contributed by atoms with Crippen LogP contribution in [0.15, 0.2) is 77.8 Å². The van der Waals surface area contributed by atoms with Crippen LogP contribution in [0.5, 0.6) is 0 Å². The van der Waals surface area contributed by atoms with Crippen molar-refractivity contribution >= 4 is 51.1 Å². The fourth-order valence-electron chi connectivity index (χ4n) is 3.26. The van der Waals surface area contributed by atoms with Crippen molar-refractivity contribution in [3.05, 3.63) is 78.4 Å². The number of anilines is 1. The Kier molecular flexibility index (Phi) is 5.90. The number of carbonyl (C=O) groups excluding carboxylic acids is 3. The molecular formula is C23H19N3O3S. The van der Waals surface area contributed by atoms with Crippen molar-refractivity contribution in [1.29, 1.82) is 0 Å². The number of carbonyl (C=O) groups is 3. The summed E-state index contributed by atoms with van der Waals surface area (Å²) in [7, 11) is 0. The van der Waals surface area contributed by atoms with E-state index in [9.17, 15) is 14.4 Å². The molecule has 0 unspecified atom stereocenters. The molecule has 4 rings (SSSR count). The quantitative estimate of drug-likeness (QED) is 0.623. The summed E-state index contributed by atoms with van der Waals surface area (Å²) in [6.07, 6.45) is 0.300. The summed E-state index contributed by atoms with van der Waals surface area (Å²) in [5.41, 5.74) is 1.61. The Hall–Kier alpha value is -3.45. The third-order valence-corrected chi connectivity index (χ3v) is 5.62. The van der Waals surface area contributed by atoms with Gasteiger partial charge >= 0.3 is 0 Å². The number of hydrogen-bond acceptors (Lipinski definition) is 4. The molecule has 1 aliphatic heterocycles. The number of fused-ring (bicyclic) bond motifs is 1. The Labute approximate surface area is 177 Å². The highest BCUT2D eigenvalue weighted by Gasteiger charge is 2.32. The molecule has 0 spiro atoms. The molecule has 150 valence electrons. The Morgan fingerprint density at radius 2 is 1.70 bits per heavy atom. The van der Waals surface area contributed by atoms with Crippen molar-refractivity contribution in [3.63, 3.8) is 0 Å². The number of nitrogens with one attached hydrogen (secondary N) is 2. The van der Waals surface area contributed by atoms with Crippen molar-refractivity contribution in [2.75, 3.05) is 11.1 Å². The predicted molar refractivity (Wildman–Crippen MR) is 119 cm³/mol. The van der Waals surface area contributed by atoms with Crippen LogP contribution in [0.4, 0.5) is 5.69 Å². The molecule has 3 aromatic rings. The molecule has 6 nitrogen and oxygen atoms in total. The van der Waals surface area contributed by atoms with Crippen LogP contribution in [0, 0.1) is 5.92 Å². The number of nitrogens with zero attached hydrogens (tertiary/aromatic N) is 1. The van der Waals surface area contributed by atoms with Crippen LogP contribution in [-0.4, -0.2) is 28.6 Å². The Bertz CT molecular complexity index is 1140. The molecule has 1 heterocycles.